The molecule has 0 unspecified atom stereocenters. The molecule has 1 aliphatic heterocycles. The van der Waals surface area contributed by atoms with Gasteiger partial charge in [0.15, 0.2) is 0 Å². The fourth-order valence-corrected chi connectivity index (χ4v) is 4.36. The standard InChI is InChI=1S/C22H14N2O2S/c1-13-6-2-4-8-18(13)24-21(25)15-11-10-14(12-16(15)22(24)26)20-23-17-7-3-5-9-19(17)27-20/h2-12H,1H3. The Bertz CT molecular complexity index is 1210. The average Bonchev–Trinajstić information content (AvgIpc) is 3.22. The molecule has 0 atom stereocenters. The van der Waals surface area contributed by atoms with Gasteiger partial charge in [-0.2, -0.15) is 0 Å². The topological polar surface area (TPSA) is 50.3 Å². The largest absolute Gasteiger partial charge is 0.268 e. The molecule has 0 saturated carbocycles. The van der Waals surface area contributed by atoms with E-state index in [0.717, 1.165) is 26.4 Å². The monoisotopic (exact) mass is 370 g/mol. The molecule has 2 heterocycles. The molecule has 27 heavy (non-hydrogen) atoms. The summed E-state index contributed by atoms with van der Waals surface area (Å²) >= 11 is 1.58. The summed E-state index contributed by atoms with van der Waals surface area (Å²) in [6.07, 6.45) is 0. The van der Waals surface area contributed by atoms with Crippen LogP contribution in [0.15, 0.2) is 66.7 Å². The number of carbonyl (C=O) groups is 2. The van der Waals surface area contributed by atoms with Crippen LogP contribution in [0.5, 0.6) is 0 Å². The summed E-state index contributed by atoms with van der Waals surface area (Å²) in [7, 11) is 0. The number of aryl methyl sites for hydroxylation is 1. The van der Waals surface area contributed by atoms with Crippen LogP contribution >= 0.6 is 11.3 Å². The molecule has 4 aromatic rings. The molecule has 0 aliphatic carbocycles. The number of para-hydroxylation sites is 2. The van der Waals surface area contributed by atoms with Gasteiger partial charge in [0.2, 0.25) is 0 Å². The molecule has 2 amide bonds. The van der Waals surface area contributed by atoms with Gasteiger partial charge >= 0.3 is 0 Å². The van der Waals surface area contributed by atoms with Crippen LogP contribution in [-0.4, -0.2) is 16.8 Å². The van der Waals surface area contributed by atoms with Crippen molar-refractivity contribution in [2.24, 2.45) is 0 Å². The van der Waals surface area contributed by atoms with Crippen molar-refractivity contribution in [2.75, 3.05) is 4.90 Å². The Labute approximate surface area is 159 Å². The number of aromatic nitrogens is 1. The lowest BCUT2D eigenvalue weighted by atomic mass is 10.1. The summed E-state index contributed by atoms with van der Waals surface area (Å²) in [5.74, 6) is -0.563. The summed E-state index contributed by atoms with van der Waals surface area (Å²) < 4.78 is 1.09. The number of thiazole rings is 1. The van der Waals surface area contributed by atoms with Gasteiger partial charge in [0.25, 0.3) is 11.8 Å². The van der Waals surface area contributed by atoms with E-state index in [1.165, 1.54) is 4.90 Å². The third kappa shape index (κ3) is 2.39. The molecule has 0 spiro atoms. The highest BCUT2D eigenvalue weighted by molar-refractivity contribution is 7.21. The average molecular weight is 370 g/mol. The summed E-state index contributed by atoms with van der Waals surface area (Å²) in [6, 6.07) is 20.7. The number of fused-ring (bicyclic) bond motifs is 2. The second-order valence-corrected chi connectivity index (χ2v) is 7.51. The molecule has 0 fully saturated rings. The fourth-order valence-electron chi connectivity index (χ4n) is 3.40. The molecule has 4 nitrogen and oxygen atoms in total. The number of anilines is 1. The molecule has 5 rings (SSSR count). The number of benzene rings is 3. The molecular formula is C22H14N2O2S. The predicted octanol–water partition coefficient (Wildman–Crippen LogP) is 5.07. The van der Waals surface area contributed by atoms with Crippen LogP contribution in [0.4, 0.5) is 5.69 Å². The normalized spacial score (nSPS) is 13.4. The number of hydrogen-bond donors (Lipinski definition) is 0. The molecule has 1 aliphatic rings. The SMILES string of the molecule is Cc1ccccc1N1C(=O)c2ccc(-c3nc4ccccc4s3)cc2C1=O. The number of carbonyl (C=O) groups excluding carboxylic acids is 2. The van der Waals surface area contributed by atoms with Gasteiger partial charge < -0.3 is 0 Å². The van der Waals surface area contributed by atoms with E-state index in [2.05, 4.69) is 4.98 Å². The zero-order valence-electron chi connectivity index (χ0n) is 14.5. The highest BCUT2D eigenvalue weighted by Gasteiger charge is 2.37. The van der Waals surface area contributed by atoms with Crippen molar-refractivity contribution in [3.63, 3.8) is 0 Å². The molecule has 5 heteroatoms. The molecule has 0 radical (unpaired) electrons. The maximum atomic E-state index is 13.0. The molecule has 0 bridgehead atoms. The highest BCUT2D eigenvalue weighted by atomic mass is 32.1. The van der Waals surface area contributed by atoms with E-state index < -0.39 is 0 Å². The first kappa shape index (κ1) is 15.9. The van der Waals surface area contributed by atoms with Gasteiger partial charge in [-0.15, -0.1) is 11.3 Å². The smallest absolute Gasteiger partial charge is 0.266 e. The van der Waals surface area contributed by atoms with Crippen molar-refractivity contribution in [1.82, 2.24) is 4.98 Å². The lowest BCUT2D eigenvalue weighted by molar-refractivity contribution is 0.0926. The van der Waals surface area contributed by atoms with E-state index in [1.807, 2.05) is 55.5 Å². The van der Waals surface area contributed by atoms with Crippen LogP contribution in [0.2, 0.25) is 0 Å². The maximum Gasteiger partial charge on any atom is 0.266 e. The first-order valence-corrected chi connectivity index (χ1v) is 9.39. The van der Waals surface area contributed by atoms with Gasteiger partial charge in [-0.1, -0.05) is 36.4 Å². The number of rotatable bonds is 2. The van der Waals surface area contributed by atoms with Crippen molar-refractivity contribution >= 4 is 39.1 Å². The first-order valence-electron chi connectivity index (χ1n) is 8.58. The minimum Gasteiger partial charge on any atom is -0.268 e. The molecule has 1 aromatic heterocycles. The Hall–Kier alpha value is -3.31. The quantitative estimate of drug-likeness (QED) is 0.463. The van der Waals surface area contributed by atoms with Crippen LogP contribution in [0.3, 0.4) is 0 Å². The summed E-state index contributed by atoms with van der Waals surface area (Å²) in [4.78, 5) is 31.8. The van der Waals surface area contributed by atoms with E-state index in [-0.39, 0.29) is 11.8 Å². The van der Waals surface area contributed by atoms with Crippen molar-refractivity contribution < 1.29 is 9.59 Å². The van der Waals surface area contributed by atoms with E-state index in [1.54, 1.807) is 29.5 Å². The zero-order valence-corrected chi connectivity index (χ0v) is 15.3. The van der Waals surface area contributed by atoms with Crippen molar-refractivity contribution in [3.8, 4) is 10.6 Å². The Morgan fingerprint density at radius 3 is 2.41 bits per heavy atom. The number of amides is 2. The number of nitrogens with zero attached hydrogens (tertiary/aromatic N) is 2. The predicted molar refractivity (Wildman–Crippen MR) is 107 cm³/mol. The maximum absolute atomic E-state index is 13.0. The van der Waals surface area contributed by atoms with Crippen LogP contribution in [0, 0.1) is 6.92 Å². The Balaban J connectivity index is 1.60. The third-order valence-electron chi connectivity index (χ3n) is 4.78. The van der Waals surface area contributed by atoms with Gasteiger partial charge in [0.05, 0.1) is 27.0 Å². The van der Waals surface area contributed by atoms with E-state index in [0.29, 0.717) is 16.8 Å². The minimum atomic E-state index is -0.285. The minimum absolute atomic E-state index is 0.278. The van der Waals surface area contributed by atoms with Gasteiger partial charge in [-0.05, 0) is 42.8 Å². The second-order valence-electron chi connectivity index (χ2n) is 6.48. The van der Waals surface area contributed by atoms with E-state index >= 15 is 0 Å². The lowest BCUT2D eigenvalue weighted by Gasteiger charge is -2.16. The lowest BCUT2D eigenvalue weighted by Crippen LogP contribution is -2.29. The van der Waals surface area contributed by atoms with Crippen molar-refractivity contribution in [2.45, 2.75) is 6.92 Å². The van der Waals surface area contributed by atoms with Crippen LogP contribution in [0.25, 0.3) is 20.8 Å². The number of hydrogen-bond acceptors (Lipinski definition) is 4. The van der Waals surface area contributed by atoms with Crippen LogP contribution in [-0.2, 0) is 0 Å². The fraction of sp³-hybridized carbons (Fsp3) is 0.0455. The zero-order chi connectivity index (χ0) is 18.5. The van der Waals surface area contributed by atoms with Crippen molar-refractivity contribution in [1.29, 1.82) is 0 Å². The summed E-state index contributed by atoms with van der Waals surface area (Å²) in [5.41, 5.74) is 4.17. The third-order valence-corrected chi connectivity index (χ3v) is 5.87. The van der Waals surface area contributed by atoms with Gasteiger partial charge in [0, 0.05) is 5.56 Å². The summed E-state index contributed by atoms with van der Waals surface area (Å²) in [6.45, 7) is 1.89. The molecule has 0 saturated heterocycles. The second kappa shape index (κ2) is 5.86. The Kier molecular flexibility index (Phi) is 3.45. The highest BCUT2D eigenvalue weighted by Crippen LogP contribution is 2.35. The number of imide groups is 1. The Morgan fingerprint density at radius 1 is 0.852 bits per heavy atom. The Morgan fingerprint density at radius 2 is 1.59 bits per heavy atom. The molecular weight excluding hydrogens is 356 g/mol. The van der Waals surface area contributed by atoms with E-state index in [4.69, 9.17) is 0 Å². The van der Waals surface area contributed by atoms with Gasteiger partial charge in [-0.3, -0.25) is 9.59 Å². The summed E-state index contributed by atoms with van der Waals surface area (Å²) in [5, 5.41) is 0.841. The van der Waals surface area contributed by atoms with E-state index in [9.17, 15) is 9.59 Å². The first-order chi connectivity index (χ1) is 13.1. The van der Waals surface area contributed by atoms with Crippen LogP contribution in [0.1, 0.15) is 26.3 Å². The molecule has 0 N–H and O–H groups in total. The van der Waals surface area contributed by atoms with Gasteiger partial charge in [0.1, 0.15) is 5.01 Å². The molecule has 3 aromatic carbocycles. The molecule has 130 valence electrons. The van der Waals surface area contributed by atoms with Crippen LogP contribution < -0.4 is 4.90 Å². The van der Waals surface area contributed by atoms with Crippen molar-refractivity contribution in [3.05, 3.63) is 83.4 Å². The van der Waals surface area contributed by atoms with Gasteiger partial charge in [-0.25, -0.2) is 9.88 Å².